The molecule has 0 amide bonds. The molecule has 0 saturated carbocycles. The fourth-order valence-electron chi connectivity index (χ4n) is 0.990. The molecule has 4 nitrogen and oxygen atoms in total. The van der Waals surface area contributed by atoms with E-state index < -0.39 is 5.97 Å². The molecule has 0 aliphatic rings. The van der Waals surface area contributed by atoms with Gasteiger partial charge in [-0.25, -0.2) is 4.79 Å². The van der Waals surface area contributed by atoms with Gasteiger partial charge in [0.2, 0.25) is 0 Å². The molecular weight excluding hydrogens is 194 g/mol. The van der Waals surface area contributed by atoms with Crippen molar-refractivity contribution in [2.24, 2.45) is 5.16 Å². The lowest BCUT2D eigenvalue weighted by atomic mass is 10.2. The van der Waals surface area contributed by atoms with E-state index in [-0.39, 0.29) is 5.71 Å². The predicted octanol–water partition coefficient (Wildman–Crippen LogP) is 1.71. The molecule has 0 aliphatic carbocycles. The van der Waals surface area contributed by atoms with Gasteiger partial charge in [0.15, 0.2) is 5.71 Å². The Balaban J connectivity index is 2.29. The molecule has 4 heteroatoms. The molecule has 1 rings (SSSR count). The van der Waals surface area contributed by atoms with E-state index in [0.717, 1.165) is 12.0 Å². The second-order valence-corrected chi connectivity index (χ2v) is 3.05. The number of hydrogen-bond donors (Lipinski definition) is 1. The Labute approximate surface area is 88.2 Å². The lowest BCUT2D eigenvalue weighted by Gasteiger charge is -2.00. The number of rotatable bonds is 5. The van der Waals surface area contributed by atoms with Crippen LogP contribution < -0.4 is 0 Å². The van der Waals surface area contributed by atoms with E-state index in [0.29, 0.717) is 6.61 Å². The fraction of sp³-hybridized carbons (Fsp3) is 0.273. The summed E-state index contributed by atoms with van der Waals surface area (Å²) in [7, 11) is 0. The summed E-state index contributed by atoms with van der Waals surface area (Å²) in [5.41, 5.74) is 1.10. The minimum Gasteiger partial charge on any atom is -0.477 e. The number of nitrogens with zero attached hydrogens (tertiary/aromatic N) is 1. The van der Waals surface area contributed by atoms with Crippen molar-refractivity contribution in [3.63, 3.8) is 0 Å². The molecule has 0 saturated heterocycles. The van der Waals surface area contributed by atoms with Gasteiger partial charge >= 0.3 is 5.97 Å². The van der Waals surface area contributed by atoms with E-state index >= 15 is 0 Å². The van der Waals surface area contributed by atoms with E-state index in [4.69, 9.17) is 9.94 Å². The molecular formula is C11H13NO3. The van der Waals surface area contributed by atoms with Crippen molar-refractivity contribution in [3.8, 4) is 0 Å². The van der Waals surface area contributed by atoms with Crippen molar-refractivity contribution in [1.29, 1.82) is 0 Å². The van der Waals surface area contributed by atoms with Crippen molar-refractivity contribution in [2.45, 2.75) is 13.3 Å². The van der Waals surface area contributed by atoms with Gasteiger partial charge in [0.05, 0.1) is 0 Å². The number of carbonyl (C=O) groups is 1. The highest BCUT2D eigenvalue weighted by Gasteiger charge is 2.01. The zero-order chi connectivity index (χ0) is 11.1. The summed E-state index contributed by atoms with van der Waals surface area (Å²) < 4.78 is 0. The SMILES string of the molecule is CC(=NOCCc1ccccc1)C(=O)O. The molecule has 1 aromatic rings. The molecule has 0 aliphatic heterocycles. The first-order valence-electron chi connectivity index (χ1n) is 4.64. The second kappa shape index (κ2) is 5.80. The first kappa shape index (κ1) is 11.2. The Morgan fingerprint density at radius 3 is 2.67 bits per heavy atom. The van der Waals surface area contributed by atoms with Crippen molar-refractivity contribution in [2.75, 3.05) is 6.61 Å². The van der Waals surface area contributed by atoms with Crippen LogP contribution in [0.4, 0.5) is 0 Å². The number of carboxylic acids is 1. The lowest BCUT2D eigenvalue weighted by Crippen LogP contribution is -2.09. The smallest absolute Gasteiger partial charge is 0.353 e. The van der Waals surface area contributed by atoms with Crippen LogP contribution in [0.3, 0.4) is 0 Å². The summed E-state index contributed by atoms with van der Waals surface area (Å²) in [4.78, 5) is 15.2. The van der Waals surface area contributed by atoms with Gasteiger partial charge in [0.1, 0.15) is 6.61 Å². The van der Waals surface area contributed by atoms with Crippen molar-refractivity contribution in [1.82, 2.24) is 0 Å². The number of carboxylic acid groups (broad SMARTS) is 1. The van der Waals surface area contributed by atoms with E-state index in [1.54, 1.807) is 0 Å². The molecule has 1 N–H and O–H groups in total. The molecule has 80 valence electrons. The maximum absolute atomic E-state index is 10.4. The monoisotopic (exact) mass is 207 g/mol. The van der Waals surface area contributed by atoms with E-state index in [1.807, 2.05) is 30.3 Å². The molecule has 0 unspecified atom stereocenters. The highest BCUT2D eigenvalue weighted by molar-refractivity contribution is 6.34. The molecule has 0 radical (unpaired) electrons. The average molecular weight is 207 g/mol. The van der Waals surface area contributed by atoms with Crippen LogP contribution in [0.15, 0.2) is 35.5 Å². The molecule has 15 heavy (non-hydrogen) atoms. The van der Waals surface area contributed by atoms with Crippen molar-refractivity contribution in [3.05, 3.63) is 35.9 Å². The second-order valence-electron chi connectivity index (χ2n) is 3.05. The third kappa shape index (κ3) is 4.26. The number of hydrogen-bond acceptors (Lipinski definition) is 3. The summed E-state index contributed by atoms with van der Waals surface area (Å²) in [6.07, 6.45) is 0.719. The third-order valence-electron chi connectivity index (χ3n) is 1.84. The Morgan fingerprint density at radius 2 is 2.07 bits per heavy atom. The minimum absolute atomic E-state index is 0.0388. The minimum atomic E-state index is -1.06. The zero-order valence-corrected chi connectivity index (χ0v) is 8.51. The zero-order valence-electron chi connectivity index (χ0n) is 8.51. The Kier molecular flexibility index (Phi) is 4.34. The van der Waals surface area contributed by atoms with Gasteiger partial charge in [0.25, 0.3) is 0 Å². The normalized spacial score (nSPS) is 11.1. The van der Waals surface area contributed by atoms with Gasteiger partial charge in [-0.2, -0.15) is 0 Å². The summed E-state index contributed by atoms with van der Waals surface area (Å²) in [5.74, 6) is -1.06. The van der Waals surface area contributed by atoms with E-state index in [1.165, 1.54) is 6.92 Å². The van der Waals surface area contributed by atoms with Crippen molar-refractivity contribution < 1.29 is 14.7 Å². The molecule has 0 fully saturated rings. The predicted molar refractivity (Wildman–Crippen MR) is 56.8 cm³/mol. The largest absolute Gasteiger partial charge is 0.477 e. The topological polar surface area (TPSA) is 58.9 Å². The molecule has 1 aromatic carbocycles. The summed E-state index contributed by atoms with van der Waals surface area (Å²) >= 11 is 0. The number of benzene rings is 1. The maximum atomic E-state index is 10.4. The quantitative estimate of drug-likeness (QED) is 0.454. The highest BCUT2D eigenvalue weighted by atomic mass is 16.6. The van der Waals surface area contributed by atoms with Crippen LogP contribution in [0.25, 0.3) is 0 Å². The molecule has 0 atom stereocenters. The Bertz CT molecular complexity index is 346. The Hall–Kier alpha value is -1.84. The first-order chi connectivity index (χ1) is 7.20. The molecule has 0 bridgehead atoms. The van der Waals surface area contributed by atoms with Gasteiger partial charge in [0, 0.05) is 6.42 Å². The van der Waals surface area contributed by atoms with Gasteiger partial charge < -0.3 is 9.94 Å². The van der Waals surface area contributed by atoms with Gasteiger partial charge in [-0.1, -0.05) is 35.5 Å². The standard InChI is InChI=1S/C11H13NO3/c1-9(11(13)14)12-15-8-7-10-5-3-2-4-6-10/h2-6H,7-8H2,1H3,(H,13,14). The van der Waals surface area contributed by atoms with Crippen LogP contribution in [0, 0.1) is 0 Å². The first-order valence-corrected chi connectivity index (χ1v) is 4.64. The van der Waals surface area contributed by atoms with E-state index in [2.05, 4.69) is 5.16 Å². The summed E-state index contributed by atoms with van der Waals surface area (Å²) in [5, 5.41) is 11.9. The van der Waals surface area contributed by atoms with Gasteiger partial charge in [-0.15, -0.1) is 0 Å². The van der Waals surface area contributed by atoms with Crippen LogP contribution in [-0.2, 0) is 16.1 Å². The third-order valence-corrected chi connectivity index (χ3v) is 1.84. The van der Waals surface area contributed by atoms with Crippen LogP contribution in [0.5, 0.6) is 0 Å². The maximum Gasteiger partial charge on any atom is 0.353 e. The van der Waals surface area contributed by atoms with Crippen LogP contribution in [0.1, 0.15) is 12.5 Å². The summed E-state index contributed by atoms with van der Waals surface area (Å²) in [6, 6.07) is 9.80. The van der Waals surface area contributed by atoms with E-state index in [9.17, 15) is 4.79 Å². The highest BCUT2D eigenvalue weighted by Crippen LogP contribution is 1.99. The average Bonchev–Trinajstić information content (AvgIpc) is 2.25. The lowest BCUT2D eigenvalue weighted by molar-refractivity contribution is -0.129. The Morgan fingerprint density at radius 1 is 1.40 bits per heavy atom. The molecule has 0 heterocycles. The number of aliphatic carboxylic acids is 1. The summed E-state index contributed by atoms with van der Waals surface area (Å²) in [6.45, 7) is 1.78. The van der Waals surface area contributed by atoms with Crippen LogP contribution in [-0.4, -0.2) is 23.4 Å². The number of oxime groups is 1. The molecule has 0 spiro atoms. The van der Waals surface area contributed by atoms with Crippen LogP contribution >= 0.6 is 0 Å². The van der Waals surface area contributed by atoms with Gasteiger partial charge in [-0.05, 0) is 12.5 Å². The fourth-order valence-corrected chi connectivity index (χ4v) is 0.990. The molecule has 0 aromatic heterocycles. The van der Waals surface area contributed by atoms with Gasteiger partial charge in [-0.3, -0.25) is 0 Å². The van der Waals surface area contributed by atoms with Crippen molar-refractivity contribution >= 4 is 11.7 Å². The van der Waals surface area contributed by atoms with Crippen LogP contribution in [0.2, 0.25) is 0 Å².